The number of amides is 1. The number of likely N-dealkylation sites (N-methyl/N-ethyl adjacent to an activating group) is 1. The quantitative estimate of drug-likeness (QED) is 0.786. The van der Waals surface area contributed by atoms with Crippen molar-refractivity contribution in [2.75, 3.05) is 16.7 Å². The maximum absolute atomic E-state index is 12.6. The molecule has 0 aliphatic carbocycles. The highest BCUT2D eigenvalue weighted by atomic mass is 32.2. The van der Waals surface area contributed by atoms with Crippen LogP contribution in [-0.4, -0.2) is 26.4 Å². The number of fused-ring (bicyclic) bond motifs is 2. The predicted octanol–water partition coefficient (Wildman–Crippen LogP) is 2.15. The molecule has 24 heavy (non-hydrogen) atoms. The summed E-state index contributed by atoms with van der Waals surface area (Å²) in [6, 6.07) is 9.53. The van der Waals surface area contributed by atoms with Crippen molar-refractivity contribution in [3.63, 3.8) is 0 Å². The van der Waals surface area contributed by atoms with Crippen molar-refractivity contribution in [3.8, 4) is 0 Å². The Labute approximate surface area is 138 Å². The molecule has 1 N–H and O–H groups in total. The van der Waals surface area contributed by atoms with Gasteiger partial charge in [0.05, 0.1) is 17.0 Å². The molecule has 3 aromatic rings. The Morgan fingerprint density at radius 2 is 2.04 bits per heavy atom. The molecule has 0 spiro atoms. The van der Waals surface area contributed by atoms with Crippen LogP contribution in [-0.2, 0) is 21.2 Å². The van der Waals surface area contributed by atoms with Gasteiger partial charge < -0.3 is 9.32 Å². The van der Waals surface area contributed by atoms with Crippen LogP contribution >= 0.6 is 0 Å². The van der Waals surface area contributed by atoms with Gasteiger partial charge in [0, 0.05) is 12.7 Å². The van der Waals surface area contributed by atoms with E-state index in [-0.39, 0.29) is 17.2 Å². The molecule has 0 saturated carbocycles. The van der Waals surface area contributed by atoms with Crippen molar-refractivity contribution in [3.05, 3.63) is 48.4 Å². The average molecular weight is 343 g/mol. The Morgan fingerprint density at radius 3 is 2.88 bits per heavy atom. The maximum atomic E-state index is 12.6. The smallest absolute Gasteiger partial charge is 0.261 e. The maximum Gasteiger partial charge on any atom is 0.261 e. The molecular formula is C16H13N3O4S. The Kier molecular flexibility index (Phi) is 3.10. The molecule has 8 heteroatoms. The van der Waals surface area contributed by atoms with E-state index < -0.39 is 10.0 Å². The minimum Gasteiger partial charge on any atom is -0.443 e. The number of sulfonamides is 1. The fourth-order valence-electron chi connectivity index (χ4n) is 2.75. The molecule has 0 saturated heterocycles. The highest BCUT2D eigenvalue weighted by Gasteiger charge is 2.26. The SMILES string of the molecule is CN1C(=O)Cc2cc(S(=O)(=O)Nc3ccc4ocnc4c3)ccc21. The summed E-state index contributed by atoms with van der Waals surface area (Å²) in [6.07, 6.45) is 1.51. The van der Waals surface area contributed by atoms with Gasteiger partial charge in [0.1, 0.15) is 5.52 Å². The van der Waals surface area contributed by atoms with Gasteiger partial charge in [-0.1, -0.05) is 0 Å². The van der Waals surface area contributed by atoms with Gasteiger partial charge in [-0.05, 0) is 42.0 Å². The topological polar surface area (TPSA) is 92.5 Å². The predicted molar refractivity (Wildman–Crippen MR) is 88.4 cm³/mol. The third-order valence-corrected chi connectivity index (χ3v) is 5.40. The number of carbonyl (C=O) groups excluding carboxylic acids is 1. The molecule has 0 bridgehead atoms. The summed E-state index contributed by atoms with van der Waals surface area (Å²) in [7, 11) is -2.09. The van der Waals surface area contributed by atoms with Gasteiger partial charge in [0.25, 0.3) is 10.0 Å². The second kappa shape index (κ2) is 5.07. The Balaban J connectivity index is 1.68. The van der Waals surface area contributed by atoms with Crippen LogP contribution in [0.1, 0.15) is 5.56 Å². The number of hydrogen-bond acceptors (Lipinski definition) is 5. The lowest BCUT2D eigenvalue weighted by molar-refractivity contribution is -0.117. The monoisotopic (exact) mass is 343 g/mol. The van der Waals surface area contributed by atoms with Gasteiger partial charge in [-0.3, -0.25) is 9.52 Å². The number of oxazole rings is 1. The minimum absolute atomic E-state index is 0.0519. The van der Waals surface area contributed by atoms with Crippen molar-refractivity contribution in [2.24, 2.45) is 0 Å². The molecule has 2 heterocycles. The normalized spacial score (nSPS) is 14.2. The lowest BCUT2D eigenvalue weighted by Crippen LogP contribution is -2.20. The first-order chi connectivity index (χ1) is 11.4. The fraction of sp³-hybridized carbons (Fsp3) is 0.125. The Hall–Kier alpha value is -2.87. The van der Waals surface area contributed by atoms with Crippen LogP contribution in [0.4, 0.5) is 11.4 Å². The average Bonchev–Trinajstić information content (AvgIpc) is 3.11. The summed E-state index contributed by atoms with van der Waals surface area (Å²) < 4.78 is 32.8. The molecule has 0 atom stereocenters. The second-order valence-corrected chi connectivity index (χ2v) is 7.24. The Bertz CT molecular complexity index is 1070. The third kappa shape index (κ3) is 2.31. The van der Waals surface area contributed by atoms with Crippen LogP contribution in [0, 0.1) is 0 Å². The number of benzene rings is 2. The molecule has 1 aliphatic rings. The van der Waals surface area contributed by atoms with Crippen LogP contribution in [0.25, 0.3) is 11.1 Å². The molecule has 0 unspecified atom stereocenters. The molecule has 4 rings (SSSR count). The van der Waals surface area contributed by atoms with Crippen LogP contribution in [0.3, 0.4) is 0 Å². The van der Waals surface area contributed by atoms with Crippen LogP contribution < -0.4 is 9.62 Å². The molecule has 0 fully saturated rings. The number of nitrogens with zero attached hydrogens (tertiary/aromatic N) is 2. The van der Waals surface area contributed by atoms with Gasteiger partial charge in [-0.25, -0.2) is 13.4 Å². The zero-order valence-corrected chi connectivity index (χ0v) is 13.5. The van der Waals surface area contributed by atoms with Crippen molar-refractivity contribution in [1.29, 1.82) is 0 Å². The van der Waals surface area contributed by atoms with Crippen molar-refractivity contribution in [2.45, 2.75) is 11.3 Å². The third-order valence-electron chi connectivity index (χ3n) is 4.02. The standard InChI is InChI=1S/C16H13N3O4S/c1-19-14-4-3-12(6-10(14)7-16(19)20)24(21,22)18-11-2-5-15-13(8-11)17-9-23-15/h2-6,8-9,18H,7H2,1H3. The fourth-order valence-corrected chi connectivity index (χ4v) is 3.85. The number of hydrogen-bond donors (Lipinski definition) is 1. The van der Waals surface area contributed by atoms with Crippen molar-refractivity contribution in [1.82, 2.24) is 4.98 Å². The van der Waals surface area contributed by atoms with E-state index in [4.69, 9.17) is 4.42 Å². The summed E-state index contributed by atoms with van der Waals surface area (Å²) in [4.78, 5) is 17.4. The van der Waals surface area contributed by atoms with E-state index >= 15 is 0 Å². The number of aromatic nitrogens is 1. The van der Waals surface area contributed by atoms with Crippen LogP contribution in [0.15, 0.2) is 52.1 Å². The van der Waals surface area contributed by atoms with Gasteiger partial charge in [0.15, 0.2) is 12.0 Å². The first-order valence-corrected chi connectivity index (χ1v) is 8.68. The van der Waals surface area contributed by atoms with Crippen molar-refractivity contribution < 1.29 is 17.6 Å². The van der Waals surface area contributed by atoms with Gasteiger partial charge in [-0.15, -0.1) is 0 Å². The Morgan fingerprint density at radius 1 is 1.21 bits per heavy atom. The van der Waals surface area contributed by atoms with E-state index in [1.807, 2.05) is 0 Å². The molecular weight excluding hydrogens is 330 g/mol. The molecule has 122 valence electrons. The van der Waals surface area contributed by atoms with Crippen LogP contribution in [0.2, 0.25) is 0 Å². The van der Waals surface area contributed by atoms with E-state index in [0.717, 1.165) is 5.69 Å². The molecule has 1 aliphatic heterocycles. The zero-order valence-electron chi connectivity index (χ0n) is 12.7. The van der Waals surface area contributed by atoms with Gasteiger partial charge in [-0.2, -0.15) is 0 Å². The summed E-state index contributed by atoms with van der Waals surface area (Å²) in [6.45, 7) is 0. The highest BCUT2D eigenvalue weighted by molar-refractivity contribution is 7.92. The minimum atomic E-state index is -3.76. The van der Waals surface area contributed by atoms with Crippen LogP contribution in [0.5, 0.6) is 0 Å². The van der Waals surface area contributed by atoms with E-state index in [9.17, 15) is 13.2 Å². The van der Waals surface area contributed by atoms with E-state index in [1.165, 1.54) is 23.4 Å². The number of anilines is 2. The summed E-state index contributed by atoms with van der Waals surface area (Å²) in [5, 5.41) is 0. The van der Waals surface area contributed by atoms with E-state index in [1.54, 1.807) is 31.3 Å². The summed E-state index contributed by atoms with van der Waals surface area (Å²) in [5.74, 6) is -0.0519. The number of rotatable bonds is 3. The zero-order chi connectivity index (χ0) is 16.9. The lowest BCUT2D eigenvalue weighted by atomic mass is 10.2. The van der Waals surface area contributed by atoms with E-state index in [2.05, 4.69) is 9.71 Å². The number of carbonyl (C=O) groups is 1. The molecule has 0 radical (unpaired) electrons. The van der Waals surface area contributed by atoms with Gasteiger partial charge in [0.2, 0.25) is 5.91 Å². The lowest BCUT2D eigenvalue weighted by Gasteiger charge is -2.12. The van der Waals surface area contributed by atoms with Gasteiger partial charge >= 0.3 is 0 Å². The number of nitrogens with one attached hydrogen (secondary N) is 1. The molecule has 7 nitrogen and oxygen atoms in total. The summed E-state index contributed by atoms with van der Waals surface area (Å²) >= 11 is 0. The second-order valence-electron chi connectivity index (χ2n) is 5.56. The van der Waals surface area contributed by atoms with E-state index in [0.29, 0.717) is 22.4 Å². The molecule has 1 aromatic heterocycles. The largest absolute Gasteiger partial charge is 0.443 e. The highest BCUT2D eigenvalue weighted by Crippen LogP contribution is 2.30. The summed E-state index contributed by atoms with van der Waals surface area (Å²) in [5.41, 5.74) is 2.98. The first kappa shape index (κ1) is 14.7. The first-order valence-electron chi connectivity index (χ1n) is 7.19. The molecule has 2 aromatic carbocycles. The molecule has 1 amide bonds. The van der Waals surface area contributed by atoms with Crippen molar-refractivity contribution >= 4 is 38.4 Å².